The van der Waals surface area contributed by atoms with Crippen molar-refractivity contribution in [2.45, 2.75) is 6.92 Å². The number of carbonyl (C=O) groups is 1. The average Bonchev–Trinajstić information content (AvgIpc) is 2.12. The van der Waals surface area contributed by atoms with E-state index in [1.807, 2.05) is 0 Å². The van der Waals surface area contributed by atoms with Crippen LogP contribution in [0.15, 0.2) is 23.1 Å². The Morgan fingerprint density at radius 2 is 2.21 bits per heavy atom. The van der Waals surface area contributed by atoms with Gasteiger partial charge in [0.15, 0.2) is 0 Å². The maximum Gasteiger partial charge on any atom is 0.341 e. The zero-order chi connectivity index (χ0) is 10.7. The number of carboxylic acid groups (broad SMARTS) is 1. The molecular weight excluding hydrogens is 203 g/mol. The Bertz CT molecular complexity index is 399. The van der Waals surface area contributed by atoms with Gasteiger partial charge in [-0.05, 0) is 18.6 Å². The first-order valence-electron chi connectivity index (χ1n) is 3.91. The monoisotopic (exact) mass is 212 g/mol. The van der Waals surface area contributed by atoms with Gasteiger partial charge in [-0.15, -0.1) is 12.6 Å². The highest BCUT2D eigenvalue weighted by Crippen LogP contribution is 2.16. The first-order chi connectivity index (χ1) is 6.52. The van der Waals surface area contributed by atoms with Crippen LogP contribution in [0.25, 0.3) is 6.08 Å². The van der Waals surface area contributed by atoms with E-state index in [2.05, 4.69) is 12.6 Å². The standard InChI is InChI=1S/C10H9FO2S/c1-6-3-2-4-7(9(6)11)5-8(14)10(12)13/h2-5,14H,1H3,(H,12,13)/b8-5-. The Hall–Kier alpha value is -1.29. The van der Waals surface area contributed by atoms with E-state index in [0.29, 0.717) is 5.56 Å². The second kappa shape index (κ2) is 4.28. The molecule has 0 aromatic heterocycles. The van der Waals surface area contributed by atoms with Gasteiger partial charge in [-0.1, -0.05) is 18.2 Å². The highest BCUT2D eigenvalue weighted by Gasteiger charge is 2.05. The van der Waals surface area contributed by atoms with Gasteiger partial charge in [-0.3, -0.25) is 0 Å². The molecule has 74 valence electrons. The Morgan fingerprint density at radius 3 is 2.79 bits per heavy atom. The van der Waals surface area contributed by atoms with Crippen LogP contribution in [0, 0.1) is 12.7 Å². The smallest absolute Gasteiger partial charge is 0.341 e. The van der Waals surface area contributed by atoms with Gasteiger partial charge in [0, 0.05) is 5.56 Å². The van der Waals surface area contributed by atoms with E-state index in [0.717, 1.165) is 0 Å². The molecule has 0 amide bonds. The summed E-state index contributed by atoms with van der Waals surface area (Å²) in [5.74, 6) is -1.59. The van der Waals surface area contributed by atoms with Gasteiger partial charge in [0.25, 0.3) is 0 Å². The number of thiol groups is 1. The van der Waals surface area contributed by atoms with Crippen LogP contribution in [0.3, 0.4) is 0 Å². The lowest BCUT2D eigenvalue weighted by Crippen LogP contribution is -1.94. The molecule has 0 heterocycles. The van der Waals surface area contributed by atoms with E-state index in [-0.39, 0.29) is 10.5 Å². The number of benzene rings is 1. The van der Waals surface area contributed by atoms with Crippen molar-refractivity contribution in [1.82, 2.24) is 0 Å². The summed E-state index contributed by atoms with van der Waals surface area (Å²) >= 11 is 3.71. The van der Waals surface area contributed by atoms with Crippen molar-refractivity contribution in [3.8, 4) is 0 Å². The highest BCUT2D eigenvalue weighted by atomic mass is 32.1. The minimum Gasteiger partial charge on any atom is -0.477 e. The second-order valence-corrected chi connectivity index (χ2v) is 3.29. The summed E-state index contributed by atoms with van der Waals surface area (Å²) in [6.07, 6.45) is 1.19. The van der Waals surface area contributed by atoms with Crippen LogP contribution < -0.4 is 0 Å². The quantitative estimate of drug-likeness (QED) is 0.583. The third kappa shape index (κ3) is 2.35. The van der Waals surface area contributed by atoms with E-state index < -0.39 is 11.8 Å². The number of halogens is 1. The van der Waals surface area contributed by atoms with Gasteiger partial charge in [0.1, 0.15) is 5.82 Å². The zero-order valence-electron chi connectivity index (χ0n) is 7.49. The summed E-state index contributed by atoms with van der Waals surface area (Å²) in [5.41, 5.74) is 0.711. The molecule has 0 unspecified atom stereocenters. The molecule has 0 fully saturated rings. The van der Waals surface area contributed by atoms with Gasteiger partial charge < -0.3 is 5.11 Å². The third-order valence-electron chi connectivity index (χ3n) is 1.73. The molecule has 0 radical (unpaired) electrons. The first kappa shape index (κ1) is 10.8. The largest absolute Gasteiger partial charge is 0.477 e. The van der Waals surface area contributed by atoms with Crippen molar-refractivity contribution in [3.05, 3.63) is 40.0 Å². The lowest BCUT2D eigenvalue weighted by molar-refractivity contribution is -0.131. The van der Waals surface area contributed by atoms with Crippen molar-refractivity contribution in [1.29, 1.82) is 0 Å². The summed E-state index contributed by atoms with van der Waals surface area (Å²) in [5, 5.41) is 8.54. The molecule has 1 N–H and O–H groups in total. The van der Waals surface area contributed by atoms with Crippen molar-refractivity contribution in [2.75, 3.05) is 0 Å². The molecule has 0 atom stereocenters. The van der Waals surface area contributed by atoms with Crippen molar-refractivity contribution in [2.24, 2.45) is 0 Å². The third-order valence-corrected chi connectivity index (χ3v) is 2.05. The van der Waals surface area contributed by atoms with Crippen molar-refractivity contribution >= 4 is 24.7 Å². The summed E-state index contributed by atoms with van der Waals surface area (Å²) in [6.45, 7) is 1.62. The van der Waals surface area contributed by atoms with Crippen LogP contribution in [0.4, 0.5) is 4.39 Å². The maximum absolute atomic E-state index is 13.4. The van der Waals surface area contributed by atoms with Crippen LogP contribution in [-0.2, 0) is 4.79 Å². The van der Waals surface area contributed by atoms with Crippen LogP contribution in [0.2, 0.25) is 0 Å². The lowest BCUT2D eigenvalue weighted by Gasteiger charge is -2.00. The van der Waals surface area contributed by atoms with Gasteiger partial charge in [0.05, 0.1) is 4.91 Å². The summed E-state index contributed by atoms with van der Waals surface area (Å²) in [7, 11) is 0. The molecule has 1 aromatic carbocycles. The molecule has 0 aliphatic rings. The van der Waals surface area contributed by atoms with Gasteiger partial charge in [0.2, 0.25) is 0 Å². The fraction of sp³-hybridized carbons (Fsp3) is 0.100. The van der Waals surface area contributed by atoms with E-state index >= 15 is 0 Å². The fourth-order valence-electron chi connectivity index (χ4n) is 0.991. The molecule has 2 nitrogen and oxygen atoms in total. The number of rotatable bonds is 2. The number of hydrogen-bond donors (Lipinski definition) is 2. The molecular formula is C10H9FO2S. The maximum atomic E-state index is 13.4. The molecule has 0 aliphatic carbocycles. The van der Waals surface area contributed by atoms with E-state index in [1.54, 1.807) is 19.1 Å². The van der Waals surface area contributed by atoms with E-state index in [4.69, 9.17) is 5.11 Å². The number of aryl methyl sites for hydroxylation is 1. The fourth-order valence-corrected chi connectivity index (χ4v) is 1.13. The zero-order valence-corrected chi connectivity index (χ0v) is 8.38. The van der Waals surface area contributed by atoms with E-state index in [1.165, 1.54) is 12.1 Å². The highest BCUT2D eigenvalue weighted by molar-refractivity contribution is 7.85. The summed E-state index contributed by atoms with van der Waals surface area (Å²) in [4.78, 5) is 10.2. The number of hydrogen-bond acceptors (Lipinski definition) is 2. The molecule has 1 aromatic rings. The Labute approximate surface area is 86.5 Å². The summed E-state index contributed by atoms with van der Waals surface area (Å²) in [6, 6.07) is 4.78. The Balaban J connectivity index is 3.15. The number of aliphatic carboxylic acids is 1. The van der Waals surface area contributed by atoms with Gasteiger partial charge in [-0.2, -0.15) is 0 Å². The Kier molecular flexibility index (Phi) is 3.30. The van der Waals surface area contributed by atoms with E-state index in [9.17, 15) is 9.18 Å². The molecule has 0 saturated carbocycles. The van der Waals surface area contributed by atoms with Crippen LogP contribution >= 0.6 is 12.6 Å². The molecule has 0 saturated heterocycles. The SMILES string of the molecule is Cc1cccc(/C=C(\S)C(=O)O)c1F. The molecule has 0 spiro atoms. The Morgan fingerprint density at radius 1 is 1.57 bits per heavy atom. The topological polar surface area (TPSA) is 37.3 Å². The van der Waals surface area contributed by atoms with Gasteiger partial charge >= 0.3 is 5.97 Å². The molecule has 4 heteroatoms. The lowest BCUT2D eigenvalue weighted by atomic mass is 10.1. The predicted molar refractivity (Wildman–Crippen MR) is 55.7 cm³/mol. The minimum absolute atomic E-state index is 0.186. The molecule has 0 bridgehead atoms. The minimum atomic E-state index is -1.17. The molecule has 1 rings (SSSR count). The van der Waals surface area contributed by atoms with Crippen molar-refractivity contribution < 1.29 is 14.3 Å². The number of carboxylic acids is 1. The normalized spacial score (nSPS) is 11.5. The molecule has 14 heavy (non-hydrogen) atoms. The second-order valence-electron chi connectivity index (χ2n) is 2.81. The average molecular weight is 212 g/mol. The van der Waals surface area contributed by atoms with Gasteiger partial charge in [-0.25, -0.2) is 9.18 Å². The molecule has 0 aliphatic heterocycles. The predicted octanol–water partition coefficient (Wildman–Crippen LogP) is 2.49. The summed E-state index contributed by atoms with van der Waals surface area (Å²) < 4.78 is 13.4. The first-order valence-corrected chi connectivity index (χ1v) is 4.36. The van der Waals surface area contributed by atoms with Crippen LogP contribution in [0.5, 0.6) is 0 Å². The van der Waals surface area contributed by atoms with Crippen molar-refractivity contribution in [3.63, 3.8) is 0 Å². The van der Waals surface area contributed by atoms with Crippen LogP contribution in [-0.4, -0.2) is 11.1 Å². The van der Waals surface area contributed by atoms with Crippen LogP contribution in [0.1, 0.15) is 11.1 Å².